The van der Waals surface area contributed by atoms with Crippen molar-refractivity contribution in [2.75, 3.05) is 38.0 Å². The Balaban J connectivity index is 2.43. The van der Waals surface area contributed by atoms with Gasteiger partial charge < -0.3 is 34.6 Å². The molecular formula is C27H43N5O6Si. The van der Waals surface area contributed by atoms with Gasteiger partial charge in [-0.1, -0.05) is 25.7 Å². The van der Waals surface area contributed by atoms with Crippen molar-refractivity contribution in [3.05, 3.63) is 42.9 Å². The molecule has 11 nitrogen and oxygen atoms in total. The number of carbonyl (C=O) groups is 2. The summed E-state index contributed by atoms with van der Waals surface area (Å²) >= 11 is 0. The fraction of sp³-hybridized carbons (Fsp3) is 0.519. The van der Waals surface area contributed by atoms with E-state index >= 15 is 0 Å². The maximum atomic E-state index is 12.7. The number of anilines is 2. The van der Waals surface area contributed by atoms with Crippen molar-refractivity contribution >= 4 is 31.6 Å². The second-order valence-corrected chi connectivity index (χ2v) is 16.9. The van der Waals surface area contributed by atoms with Crippen LogP contribution in [-0.4, -0.2) is 62.3 Å². The van der Waals surface area contributed by atoms with Crippen LogP contribution in [-0.2, 0) is 25.7 Å². The Hall–Kier alpha value is -3.35. The lowest BCUT2D eigenvalue weighted by Crippen LogP contribution is -2.38. The summed E-state index contributed by atoms with van der Waals surface area (Å²) in [6, 6.07) is 5.45. The van der Waals surface area contributed by atoms with E-state index in [1.54, 1.807) is 45.0 Å². The Morgan fingerprint density at radius 2 is 1.92 bits per heavy atom. The van der Waals surface area contributed by atoms with Gasteiger partial charge in [0.05, 0.1) is 26.0 Å². The van der Waals surface area contributed by atoms with E-state index in [4.69, 9.17) is 24.9 Å². The van der Waals surface area contributed by atoms with Crippen molar-refractivity contribution in [3.8, 4) is 11.3 Å². The van der Waals surface area contributed by atoms with Gasteiger partial charge in [-0.05, 0) is 45.0 Å². The molecule has 1 heterocycles. The largest absolute Gasteiger partial charge is 0.453 e. The second-order valence-electron chi connectivity index (χ2n) is 11.2. The fourth-order valence-electron chi connectivity index (χ4n) is 3.43. The number of nitrogens with zero attached hydrogens (tertiary/aromatic N) is 2. The number of ether oxygens (including phenoxy) is 4. The predicted octanol–water partition coefficient (Wildman–Crippen LogP) is 5.39. The Morgan fingerprint density at radius 1 is 1.21 bits per heavy atom. The Labute approximate surface area is 232 Å². The van der Waals surface area contributed by atoms with Gasteiger partial charge in [0.15, 0.2) is 0 Å². The molecule has 1 atom stereocenters. The third-order valence-corrected chi connectivity index (χ3v) is 7.02. The Morgan fingerprint density at radius 3 is 2.51 bits per heavy atom. The number of rotatable bonds is 13. The number of nitrogens with two attached hydrogens (primary N) is 1. The molecule has 2 amide bonds. The summed E-state index contributed by atoms with van der Waals surface area (Å²) in [5.41, 5.74) is 7.76. The van der Waals surface area contributed by atoms with Gasteiger partial charge in [-0.15, -0.1) is 6.58 Å². The van der Waals surface area contributed by atoms with Gasteiger partial charge in [-0.2, -0.15) is 0 Å². The van der Waals surface area contributed by atoms with Crippen LogP contribution in [0.4, 0.5) is 21.0 Å². The van der Waals surface area contributed by atoms with Gasteiger partial charge in [0.25, 0.3) is 0 Å². The first-order valence-corrected chi connectivity index (χ1v) is 16.5. The van der Waals surface area contributed by atoms with E-state index in [0.29, 0.717) is 41.7 Å². The molecule has 0 spiro atoms. The molecule has 2 aromatic rings. The molecule has 216 valence electrons. The number of alkyl carbamates (subject to hydrolysis) is 1. The first kappa shape index (κ1) is 31.9. The van der Waals surface area contributed by atoms with E-state index < -0.39 is 31.9 Å². The molecule has 1 aromatic heterocycles. The summed E-state index contributed by atoms with van der Waals surface area (Å²) in [7, 11) is 0.00469. The van der Waals surface area contributed by atoms with Crippen molar-refractivity contribution in [3.63, 3.8) is 0 Å². The molecule has 0 fully saturated rings. The van der Waals surface area contributed by atoms with Crippen molar-refractivity contribution in [1.82, 2.24) is 14.9 Å². The monoisotopic (exact) mass is 561 g/mol. The molecule has 0 unspecified atom stereocenters. The summed E-state index contributed by atoms with van der Waals surface area (Å²) in [5.74, 6) is 0.518. The highest BCUT2D eigenvalue weighted by Gasteiger charge is 2.26. The Bertz CT molecular complexity index is 1120. The molecule has 0 saturated heterocycles. The maximum absolute atomic E-state index is 12.7. The van der Waals surface area contributed by atoms with Crippen LogP contribution in [0.5, 0.6) is 0 Å². The highest BCUT2D eigenvalue weighted by molar-refractivity contribution is 6.76. The first-order chi connectivity index (χ1) is 18.2. The van der Waals surface area contributed by atoms with E-state index in [-0.39, 0.29) is 13.3 Å². The van der Waals surface area contributed by atoms with Crippen LogP contribution in [0.15, 0.2) is 37.1 Å². The molecule has 12 heteroatoms. The highest BCUT2D eigenvalue weighted by Crippen LogP contribution is 2.30. The zero-order valence-corrected chi connectivity index (χ0v) is 25.1. The molecule has 0 aliphatic carbocycles. The van der Waals surface area contributed by atoms with Crippen LogP contribution < -0.4 is 16.4 Å². The van der Waals surface area contributed by atoms with Crippen LogP contribution in [0, 0.1) is 0 Å². The molecule has 0 aliphatic rings. The van der Waals surface area contributed by atoms with Gasteiger partial charge in [0.2, 0.25) is 0 Å². The van der Waals surface area contributed by atoms with E-state index in [9.17, 15) is 9.59 Å². The lowest BCUT2D eigenvalue weighted by Gasteiger charge is -2.24. The Kier molecular flexibility index (Phi) is 11.6. The highest BCUT2D eigenvalue weighted by atomic mass is 28.3. The zero-order valence-electron chi connectivity index (χ0n) is 24.1. The van der Waals surface area contributed by atoms with Crippen molar-refractivity contribution < 1.29 is 28.5 Å². The smallest absolute Gasteiger partial charge is 0.411 e. The summed E-state index contributed by atoms with van der Waals surface area (Å²) in [4.78, 5) is 29.1. The number of benzene rings is 1. The molecule has 4 N–H and O–H groups in total. The van der Waals surface area contributed by atoms with Crippen LogP contribution in [0.3, 0.4) is 0 Å². The van der Waals surface area contributed by atoms with Crippen molar-refractivity contribution in [2.45, 2.75) is 64.8 Å². The molecule has 0 radical (unpaired) electrons. The summed E-state index contributed by atoms with van der Waals surface area (Å²) < 4.78 is 23.7. The van der Waals surface area contributed by atoms with Crippen molar-refractivity contribution in [1.29, 1.82) is 0 Å². The summed E-state index contributed by atoms with van der Waals surface area (Å²) in [6.07, 6.45) is 2.26. The summed E-state index contributed by atoms with van der Waals surface area (Å²) in [5, 5.41) is 5.47. The number of hydrogen-bond acceptors (Lipinski definition) is 8. The zero-order chi connectivity index (χ0) is 29.2. The number of methoxy groups -OCH3 is 1. The van der Waals surface area contributed by atoms with Gasteiger partial charge in [-0.3, -0.25) is 5.32 Å². The number of carbonyl (C=O) groups excluding carboxylic acids is 2. The molecule has 1 aromatic carbocycles. The minimum atomic E-state index is -1.28. The molecule has 39 heavy (non-hydrogen) atoms. The SMILES string of the molecule is C=CCOC[C@H](NC(=O)OC(C)(C)C)c1nc(-c2ccc(NC(=O)OC)cc2N)cn1COCC[Si](C)(C)C. The van der Waals surface area contributed by atoms with Gasteiger partial charge in [-0.25, -0.2) is 14.6 Å². The predicted molar refractivity (Wildman–Crippen MR) is 155 cm³/mol. The van der Waals surface area contributed by atoms with E-state index in [2.05, 4.69) is 41.6 Å². The lowest BCUT2D eigenvalue weighted by atomic mass is 10.1. The van der Waals surface area contributed by atoms with Gasteiger partial charge in [0, 0.05) is 37.8 Å². The minimum absolute atomic E-state index is 0.133. The topological polar surface area (TPSA) is 139 Å². The number of aromatic nitrogens is 2. The quantitative estimate of drug-likeness (QED) is 0.128. The van der Waals surface area contributed by atoms with Gasteiger partial charge >= 0.3 is 12.2 Å². The third kappa shape index (κ3) is 11.1. The number of amides is 2. The molecule has 0 saturated carbocycles. The molecule has 0 aliphatic heterocycles. The molecule has 2 rings (SSSR count). The maximum Gasteiger partial charge on any atom is 0.411 e. The van der Waals surface area contributed by atoms with Gasteiger partial charge in [0.1, 0.15) is 24.2 Å². The lowest BCUT2D eigenvalue weighted by molar-refractivity contribution is 0.0432. The van der Waals surface area contributed by atoms with Crippen LogP contribution in [0.1, 0.15) is 32.6 Å². The number of nitrogens with one attached hydrogen (secondary N) is 2. The number of imidazole rings is 1. The standard InChI is InChI=1S/C27H43N5O6Si/c1-9-12-36-17-23(31-26(34)38-27(2,3)4)24-30-22(16-32(24)18-37-13-14-39(6,7)8)20-11-10-19(15-21(20)28)29-25(33)35-5/h9-11,15-16,23H,1,12-14,17-18,28H2,2-8H3,(H,29,33)(H,31,34)/t23-/m0/s1. The summed E-state index contributed by atoms with van der Waals surface area (Å²) in [6.45, 7) is 17.2. The molecule has 0 bridgehead atoms. The number of nitrogen functional groups attached to an aromatic ring is 1. The molecular weight excluding hydrogens is 518 g/mol. The first-order valence-electron chi connectivity index (χ1n) is 12.8. The fourth-order valence-corrected chi connectivity index (χ4v) is 4.18. The van der Waals surface area contributed by atoms with Crippen LogP contribution in [0.25, 0.3) is 11.3 Å². The van der Waals surface area contributed by atoms with E-state index in [1.807, 2.05) is 10.8 Å². The minimum Gasteiger partial charge on any atom is -0.453 e. The second kappa shape index (κ2) is 14.2. The normalized spacial score (nSPS) is 12.5. The third-order valence-electron chi connectivity index (χ3n) is 5.32. The number of hydrogen-bond donors (Lipinski definition) is 3. The average molecular weight is 562 g/mol. The average Bonchev–Trinajstić information content (AvgIpc) is 3.23. The van der Waals surface area contributed by atoms with Crippen LogP contribution in [0.2, 0.25) is 25.7 Å². The van der Waals surface area contributed by atoms with Crippen LogP contribution >= 0.6 is 0 Å². The van der Waals surface area contributed by atoms with E-state index in [0.717, 1.165) is 6.04 Å². The van der Waals surface area contributed by atoms with E-state index in [1.165, 1.54) is 7.11 Å². The van der Waals surface area contributed by atoms with Crippen molar-refractivity contribution in [2.24, 2.45) is 0 Å².